The van der Waals surface area contributed by atoms with E-state index in [0.717, 1.165) is 5.56 Å². The molecule has 2 rings (SSSR count). The molecule has 2 N–H and O–H groups in total. The smallest absolute Gasteiger partial charge is 0.258 e. The van der Waals surface area contributed by atoms with Crippen molar-refractivity contribution in [2.24, 2.45) is 0 Å². The molecular formula is C13H18F2N2O. The summed E-state index contributed by atoms with van der Waals surface area (Å²) in [5, 5.41) is 13.0. The molecule has 1 heterocycles. The van der Waals surface area contributed by atoms with Gasteiger partial charge in [-0.2, -0.15) is 0 Å². The highest BCUT2D eigenvalue weighted by Crippen LogP contribution is 2.34. The molecule has 0 aliphatic carbocycles. The fourth-order valence-electron chi connectivity index (χ4n) is 2.36. The first-order chi connectivity index (χ1) is 8.59. The van der Waals surface area contributed by atoms with Crippen LogP contribution in [-0.4, -0.2) is 42.6 Å². The molecule has 1 saturated heterocycles. The minimum atomic E-state index is -2.50. The van der Waals surface area contributed by atoms with Gasteiger partial charge >= 0.3 is 0 Å². The summed E-state index contributed by atoms with van der Waals surface area (Å²) in [6.45, 7) is 4.38. The van der Waals surface area contributed by atoms with Gasteiger partial charge in [0.2, 0.25) is 0 Å². The third kappa shape index (κ3) is 2.79. The van der Waals surface area contributed by atoms with E-state index in [1.54, 1.807) is 17.0 Å². The number of rotatable bonds is 3. The van der Waals surface area contributed by atoms with Crippen molar-refractivity contribution in [1.82, 2.24) is 10.2 Å². The van der Waals surface area contributed by atoms with Gasteiger partial charge in [0.25, 0.3) is 6.43 Å². The lowest BCUT2D eigenvalue weighted by Gasteiger charge is -2.34. The number of phenolic OH excluding ortho intramolecular Hbond substituents is 1. The molecule has 1 aliphatic rings. The first kappa shape index (κ1) is 13.2. The van der Waals surface area contributed by atoms with E-state index in [1.807, 2.05) is 6.92 Å². The molecule has 0 spiro atoms. The second-order valence-corrected chi connectivity index (χ2v) is 4.63. The highest BCUT2D eigenvalue weighted by atomic mass is 19.3. The molecule has 100 valence electrons. The zero-order valence-electron chi connectivity index (χ0n) is 10.4. The van der Waals surface area contributed by atoms with E-state index in [2.05, 4.69) is 5.32 Å². The molecule has 0 radical (unpaired) electrons. The van der Waals surface area contributed by atoms with Gasteiger partial charge in [-0.1, -0.05) is 12.1 Å². The van der Waals surface area contributed by atoms with Crippen molar-refractivity contribution in [2.75, 3.05) is 26.2 Å². The average Bonchev–Trinajstić information content (AvgIpc) is 2.33. The monoisotopic (exact) mass is 256 g/mol. The second kappa shape index (κ2) is 5.63. The minimum absolute atomic E-state index is 0.0427. The molecule has 0 saturated carbocycles. The van der Waals surface area contributed by atoms with Crippen molar-refractivity contribution < 1.29 is 13.9 Å². The van der Waals surface area contributed by atoms with Crippen LogP contribution in [0.25, 0.3) is 0 Å². The summed E-state index contributed by atoms with van der Waals surface area (Å²) >= 11 is 0. The van der Waals surface area contributed by atoms with Gasteiger partial charge < -0.3 is 10.4 Å². The zero-order chi connectivity index (χ0) is 13.1. The number of nitrogens with one attached hydrogen (secondary N) is 1. The molecule has 0 aromatic heterocycles. The number of piperazine rings is 1. The number of aryl methyl sites for hydroxylation is 1. The van der Waals surface area contributed by atoms with Crippen LogP contribution in [0, 0.1) is 6.92 Å². The SMILES string of the molecule is Cc1ccc([C@@H](C(F)F)N2CCNCC2)c(O)c1. The molecular weight excluding hydrogens is 238 g/mol. The van der Waals surface area contributed by atoms with Crippen molar-refractivity contribution in [3.8, 4) is 5.75 Å². The summed E-state index contributed by atoms with van der Waals surface area (Å²) in [7, 11) is 0. The molecule has 1 aromatic rings. The van der Waals surface area contributed by atoms with E-state index in [4.69, 9.17) is 0 Å². The number of halogens is 2. The van der Waals surface area contributed by atoms with E-state index >= 15 is 0 Å². The van der Waals surface area contributed by atoms with Gasteiger partial charge in [0, 0.05) is 31.7 Å². The van der Waals surface area contributed by atoms with Crippen molar-refractivity contribution in [2.45, 2.75) is 19.4 Å². The van der Waals surface area contributed by atoms with Crippen LogP contribution in [0.2, 0.25) is 0 Å². The normalized spacial score (nSPS) is 19.1. The third-order valence-electron chi connectivity index (χ3n) is 3.29. The Hall–Kier alpha value is -1.20. The molecule has 1 aromatic carbocycles. The molecule has 0 amide bonds. The Kier molecular flexibility index (Phi) is 4.14. The van der Waals surface area contributed by atoms with Gasteiger partial charge in [0.1, 0.15) is 5.75 Å². The molecule has 3 nitrogen and oxygen atoms in total. The van der Waals surface area contributed by atoms with Crippen LogP contribution >= 0.6 is 0 Å². The Balaban J connectivity index is 2.28. The topological polar surface area (TPSA) is 35.5 Å². The molecule has 18 heavy (non-hydrogen) atoms. The maximum Gasteiger partial charge on any atom is 0.258 e. The summed E-state index contributed by atoms with van der Waals surface area (Å²) < 4.78 is 26.6. The summed E-state index contributed by atoms with van der Waals surface area (Å²) in [6.07, 6.45) is -2.50. The highest BCUT2D eigenvalue weighted by molar-refractivity contribution is 5.38. The number of alkyl halides is 2. The molecule has 0 bridgehead atoms. The predicted molar refractivity (Wildman–Crippen MR) is 66.0 cm³/mol. The lowest BCUT2D eigenvalue weighted by molar-refractivity contribution is 0.0170. The summed E-state index contributed by atoms with van der Waals surface area (Å²) in [4.78, 5) is 1.73. The van der Waals surface area contributed by atoms with Gasteiger partial charge in [0.15, 0.2) is 0 Å². The van der Waals surface area contributed by atoms with E-state index in [0.29, 0.717) is 31.7 Å². The van der Waals surface area contributed by atoms with Crippen LogP contribution in [0.3, 0.4) is 0 Å². The van der Waals surface area contributed by atoms with Crippen LogP contribution < -0.4 is 5.32 Å². The van der Waals surface area contributed by atoms with Gasteiger partial charge in [-0.25, -0.2) is 8.78 Å². The first-order valence-corrected chi connectivity index (χ1v) is 6.12. The van der Waals surface area contributed by atoms with Crippen LogP contribution in [0.1, 0.15) is 17.2 Å². The number of nitrogens with zero attached hydrogens (tertiary/aromatic N) is 1. The largest absolute Gasteiger partial charge is 0.508 e. The standard InChI is InChI=1S/C13H18F2N2O/c1-9-2-3-10(11(18)8-9)12(13(14)15)17-6-4-16-5-7-17/h2-3,8,12-13,16,18H,4-7H2,1H3/t12-/m0/s1. The van der Waals surface area contributed by atoms with E-state index in [9.17, 15) is 13.9 Å². The number of hydrogen-bond acceptors (Lipinski definition) is 3. The molecule has 1 fully saturated rings. The van der Waals surface area contributed by atoms with E-state index in [1.165, 1.54) is 6.07 Å². The van der Waals surface area contributed by atoms with E-state index in [-0.39, 0.29) is 5.75 Å². The first-order valence-electron chi connectivity index (χ1n) is 6.12. The summed E-state index contributed by atoms with van der Waals surface area (Å²) in [5.41, 5.74) is 1.18. The highest BCUT2D eigenvalue weighted by Gasteiger charge is 2.31. The lowest BCUT2D eigenvalue weighted by Crippen LogP contribution is -2.46. The maximum atomic E-state index is 13.3. The lowest BCUT2D eigenvalue weighted by atomic mass is 10.0. The number of benzene rings is 1. The van der Waals surface area contributed by atoms with Crippen molar-refractivity contribution >= 4 is 0 Å². The molecule has 1 atom stereocenters. The van der Waals surface area contributed by atoms with Crippen molar-refractivity contribution in [1.29, 1.82) is 0 Å². The summed E-state index contributed by atoms with van der Waals surface area (Å²) in [5.74, 6) is -0.0427. The summed E-state index contributed by atoms with van der Waals surface area (Å²) in [6, 6.07) is 3.87. The Labute approximate surface area is 105 Å². The van der Waals surface area contributed by atoms with Gasteiger partial charge in [-0.3, -0.25) is 4.90 Å². The van der Waals surface area contributed by atoms with Gasteiger partial charge in [0.05, 0.1) is 6.04 Å². The Morgan fingerprint density at radius 3 is 2.50 bits per heavy atom. The quantitative estimate of drug-likeness (QED) is 0.867. The predicted octanol–water partition coefficient (Wildman–Crippen LogP) is 1.91. The van der Waals surface area contributed by atoms with Gasteiger partial charge in [-0.05, 0) is 18.6 Å². The second-order valence-electron chi connectivity index (χ2n) is 4.63. The maximum absolute atomic E-state index is 13.3. The fraction of sp³-hybridized carbons (Fsp3) is 0.538. The van der Waals surface area contributed by atoms with Crippen LogP contribution in [0.15, 0.2) is 18.2 Å². The number of aromatic hydroxyl groups is 1. The van der Waals surface area contributed by atoms with Crippen molar-refractivity contribution in [3.63, 3.8) is 0 Å². The zero-order valence-corrected chi connectivity index (χ0v) is 10.4. The van der Waals surface area contributed by atoms with Crippen LogP contribution in [-0.2, 0) is 0 Å². The molecule has 0 unspecified atom stereocenters. The average molecular weight is 256 g/mol. The molecule has 5 heteroatoms. The fourth-order valence-corrected chi connectivity index (χ4v) is 2.36. The minimum Gasteiger partial charge on any atom is -0.508 e. The van der Waals surface area contributed by atoms with Crippen LogP contribution in [0.5, 0.6) is 5.75 Å². The van der Waals surface area contributed by atoms with Crippen LogP contribution in [0.4, 0.5) is 8.78 Å². The van der Waals surface area contributed by atoms with Crippen molar-refractivity contribution in [3.05, 3.63) is 29.3 Å². The molecule has 1 aliphatic heterocycles. The third-order valence-corrected chi connectivity index (χ3v) is 3.29. The number of hydrogen-bond donors (Lipinski definition) is 2. The van der Waals surface area contributed by atoms with E-state index < -0.39 is 12.5 Å². The Morgan fingerprint density at radius 2 is 1.94 bits per heavy atom. The number of phenols is 1. The Morgan fingerprint density at radius 1 is 1.28 bits per heavy atom. The Bertz CT molecular complexity index is 406. The van der Waals surface area contributed by atoms with Gasteiger partial charge in [-0.15, -0.1) is 0 Å².